The first kappa shape index (κ1) is 15.0. The number of aliphatic hydroxyl groups is 1. The van der Waals surface area contributed by atoms with Crippen molar-refractivity contribution < 1.29 is 5.11 Å². The van der Waals surface area contributed by atoms with Crippen molar-refractivity contribution in [3.05, 3.63) is 0 Å². The van der Waals surface area contributed by atoms with Crippen LogP contribution in [0.25, 0.3) is 0 Å². The van der Waals surface area contributed by atoms with Gasteiger partial charge < -0.3 is 5.11 Å². The van der Waals surface area contributed by atoms with Crippen LogP contribution in [0.15, 0.2) is 0 Å². The van der Waals surface area contributed by atoms with Crippen molar-refractivity contribution in [2.24, 2.45) is 28.6 Å². The zero-order valence-corrected chi connectivity index (χ0v) is 15.3. The Morgan fingerprint density at radius 3 is 2.48 bits per heavy atom. The van der Waals surface area contributed by atoms with Crippen LogP contribution in [0, 0.1) is 28.6 Å². The lowest BCUT2D eigenvalue weighted by molar-refractivity contribution is -0.134. The Bertz CT molecular complexity index is 437. The number of rotatable bonds is 0. The number of aliphatic hydroxyl groups excluding tert-OH is 1. The Balaban J connectivity index is 1.72. The van der Waals surface area contributed by atoms with Crippen molar-refractivity contribution >= 4 is 15.9 Å². The molecule has 0 saturated heterocycles. The van der Waals surface area contributed by atoms with Crippen LogP contribution in [0.1, 0.15) is 78.1 Å². The molecule has 4 fully saturated rings. The van der Waals surface area contributed by atoms with Gasteiger partial charge in [0.05, 0.1) is 10.4 Å². The second-order valence-corrected chi connectivity index (χ2v) is 10.6. The van der Waals surface area contributed by atoms with Crippen LogP contribution in [0.3, 0.4) is 0 Å². The van der Waals surface area contributed by atoms with E-state index in [1.807, 2.05) is 0 Å². The summed E-state index contributed by atoms with van der Waals surface area (Å²) >= 11 is 4.09. The van der Waals surface area contributed by atoms with E-state index in [2.05, 4.69) is 29.8 Å². The molecule has 1 nitrogen and oxygen atoms in total. The molecular formula is C19H31BrO. The quantitative estimate of drug-likeness (QED) is 0.585. The van der Waals surface area contributed by atoms with E-state index >= 15 is 0 Å². The van der Waals surface area contributed by atoms with Crippen molar-refractivity contribution in [1.29, 1.82) is 0 Å². The minimum atomic E-state index is -0.132. The molecule has 0 aromatic heterocycles. The predicted molar refractivity (Wildman–Crippen MR) is 90.5 cm³/mol. The van der Waals surface area contributed by atoms with Gasteiger partial charge in [0.15, 0.2) is 0 Å². The maximum atomic E-state index is 11.0. The van der Waals surface area contributed by atoms with Gasteiger partial charge in [0, 0.05) is 0 Å². The van der Waals surface area contributed by atoms with E-state index in [0.717, 1.165) is 24.2 Å². The Kier molecular flexibility index (Phi) is 3.37. The molecule has 0 spiro atoms. The van der Waals surface area contributed by atoms with Crippen LogP contribution in [-0.2, 0) is 0 Å². The Morgan fingerprint density at radius 1 is 0.905 bits per heavy atom. The van der Waals surface area contributed by atoms with Crippen molar-refractivity contribution in [1.82, 2.24) is 0 Å². The molecule has 0 aromatic carbocycles. The van der Waals surface area contributed by atoms with E-state index in [0.29, 0.717) is 10.8 Å². The number of fused-ring (bicyclic) bond motifs is 5. The first-order valence-corrected chi connectivity index (χ1v) is 10.1. The summed E-state index contributed by atoms with van der Waals surface area (Å²) in [5, 5.41) is 11.0. The van der Waals surface area contributed by atoms with Gasteiger partial charge in [0.2, 0.25) is 0 Å². The minimum Gasteiger partial charge on any atom is -0.392 e. The topological polar surface area (TPSA) is 20.2 Å². The molecule has 0 heterocycles. The molecule has 21 heavy (non-hydrogen) atoms. The highest BCUT2D eigenvalue weighted by atomic mass is 79.9. The molecule has 0 radical (unpaired) electrons. The zero-order chi connectivity index (χ0) is 14.9. The maximum Gasteiger partial charge on any atom is 0.0701 e. The summed E-state index contributed by atoms with van der Waals surface area (Å²) in [6, 6.07) is 0. The molecule has 7 atom stereocenters. The lowest BCUT2D eigenvalue weighted by Gasteiger charge is -2.64. The van der Waals surface area contributed by atoms with E-state index in [9.17, 15) is 5.11 Å². The molecule has 2 heteroatoms. The predicted octanol–water partition coefficient (Wildman–Crippen LogP) is 5.30. The maximum absolute atomic E-state index is 11.0. The smallest absolute Gasteiger partial charge is 0.0701 e. The summed E-state index contributed by atoms with van der Waals surface area (Å²) in [5.74, 6) is 2.52. The van der Waals surface area contributed by atoms with Crippen LogP contribution < -0.4 is 0 Å². The second kappa shape index (κ2) is 4.72. The molecule has 2 unspecified atom stereocenters. The molecule has 4 aliphatic rings. The third-order valence-electron chi connectivity index (χ3n) is 8.50. The molecule has 0 bridgehead atoms. The average Bonchev–Trinajstić information content (AvgIpc) is 2.83. The third kappa shape index (κ3) is 1.84. The van der Waals surface area contributed by atoms with Crippen LogP contribution in [-0.4, -0.2) is 15.5 Å². The molecule has 1 N–H and O–H groups in total. The lowest BCUT2D eigenvalue weighted by Crippen LogP contribution is -2.64. The lowest BCUT2D eigenvalue weighted by atomic mass is 9.44. The Hall–Kier alpha value is 0.440. The molecule has 0 amide bonds. The van der Waals surface area contributed by atoms with Crippen LogP contribution in [0.2, 0.25) is 0 Å². The highest BCUT2D eigenvalue weighted by Crippen LogP contribution is 2.69. The van der Waals surface area contributed by atoms with Gasteiger partial charge in [-0.25, -0.2) is 0 Å². The van der Waals surface area contributed by atoms with Crippen molar-refractivity contribution in [2.75, 3.05) is 0 Å². The standard InChI is InChI=1S/C19H31BrO/c1-17-8-5-6-14(17)13-12-16(21)19(20)10-4-3-9-18(19,2)15(13)7-11-17/h13-16,21H,3-12H2,1-2H3/t13-,14-,15+,16?,17-,18+,19?/m0/s1. The zero-order valence-electron chi connectivity index (χ0n) is 13.7. The molecule has 4 rings (SSSR count). The number of hydrogen-bond acceptors (Lipinski definition) is 1. The van der Waals surface area contributed by atoms with Crippen molar-refractivity contribution in [2.45, 2.75) is 88.5 Å². The van der Waals surface area contributed by atoms with Gasteiger partial charge in [-0.2, -0.15) is 0 Å². The second-order valence-electron chi connectivity index (χ2n) is 9.20. The Labute approximate surface area is 138 Å². The largest absolute Gasteiger partial charge is 0.392 e. The molecular weight excluding hydrogens is 324 g/mol. The SMILES string of the molecule is C[C@@]12CCC[C@H]1[C@@H]1CC(O)C3(Br)CCCC[C@]3(C)[C@@H]1CC2. The van der Waals surface area contributed by atoms with E-state index < -0.39 is 0 Å². The fourth-order valence-electron chi connectivity index (χ4n) is 7.25. The number of halogens is 1. The van der Waals surface area contributed by atoms with Gasteiger partial charge in [-0.05, 0) is 73.5 Å². The average molecular weight is 355 g/mol. The fourth-order valence-corrected chi connectivity index (χ4v) is 8.21. The fraction of sp³-hybridized carbons (Fsp3) is 1.00. The highest BCUT2D eigenvalue weighted by molar-refractivity contribution is 9.10. The van der Waals surface area contributed by atoms with Crippen LogP contribution >= 0.6 is 15.9 Å². The summed E-state index contributed by atoms with van der Waals surface area (Å²) in [7, 11) is 0. The van der Waals surface area contributed by atoms with E-state index in [-0.39, 0.29) is 10.4 Å². The molecule has 0 aromatic rings. The van der Waals surface area contributed by atoms with Gasteiger partial charge in [0.25, 0.3) is 0 Å². The van der Waals surface area contributed by atoms with Gasteiger partial charge in [-0.3, -0.25) is 0 Å². The highest BCUT2D eigenvalue weighted by Gasteiger charge is 2.64. The Morgan fingerprint density at radius 2 is 1.67 bits per heavy atom. The number of alkyl halides is 1. The van der Waals surface area contributed by atoms with Crippen molar-refractivity contribution in [3.8, 4) is 0 Å². The minimum absolute atomic E-state index is 0.00572. The number of hydrogen-bond donors (Lipinski definition) is 1. The first-order chi connectivity index (χ1) is 9.91. The van der Waals surface area contributed by atoms with Crippen LogP contribution in [0.5, 0.6) is 0 Å². The van der Waals surface area contributed by atoms with Crippen molar-refractivity contribution in [3.63, 3.8) is 0 Å². The van der Waals surface area contributed by atoms with Gasteiger partial charge in [-0.15, -0.1) is 0 Å². The monoisotopic (exact) mass is 354 g/mol. The van der Waals surface area contributed by atoms with Gasteiger partial charge in [-0.1, -0.05) is 49.0 Å². The summed E-state index contributed by atoms with van der Waals surface area (Å²) in [4.78, 5) is 0. The molecule has 4 aliphatic carbocycles. The summed E-state index contributed by atoms with van der Waals surface area (Å²) in [5.41, 5.74) is 0.912. The summed E-state index contributed by atoms with van der Waals surface area (Å²) < 4.78 is 0.00572. The van der Waals surface area contributed by atoms with E-state index in [1.54, 1.807) is 0 Å². The first-order valence-electron chi connectivity index (χ1n) is 9.28. The molecule has 0 aliphatic heterocycles. The molecule has 4 saturated carbocycles. The normalized spacial score (nSPS) is 60.0. The van der Waals surface area contributed by atoms with Gasteiger partial charge >= 0.3 is 0 Å². The third-order valence-corrected chi connectivity index (χ3v) is 10.3. The summed E-state index contributed by atoms with van der Waals surface area (Å²) in [6.45, 7) is 5.06. The van der Waals surface area contributed by atoms with E-state index in [1.165, 1.54) is 57.8 Å². The van der Waals surface area contributed by atoms with E-state index in [4.69, 9.17) is 0 Å². The van der Waals surface area contributed by atoms with Gasteiger partial charge in [0.1, 0.15) is 0 Å². The molecule has 120 valence electrons. The van der Waals surface area contributed by atoms with Crippen LogP contribution in [0.4, 0.5) is 0 Å². The summed E-state index contributed by atoms with van der Waals surface area (Å²) in [6.07, 6.45) is 13.2.